The van der Waals surface area contributed by atoms with Crippen molar-refractivity contribution in [1.82, 2.24) is 9.21 Å². The second-order valence-corrected chi connectivity index (χ2v) is 12.1. The monoisotopic (exact) mass is 558 g/mol. The highest BCUT2D eigenvalue weighted by Gasteiger charge is 2.35. The van der Waals surface area contributed by atoms with E-state index in [1.807, 2.05) is 36.6 Å². The molecule has 1 unspecified atom stereocenters. The molecule has 2 aromatic carbocycles. The molecule has 0 saturated heterocycles. The van der Waals surface area contributed by atoms with E-state index in [0.29, 0.717) is 31.1 Å². The summed E-state index contributed by atoms with van der Waals surface area (Å²) < 4.78 is 44.9. The zero-order valence-corrected chi connectivity index (χ0v) is 23.6. The zero-order valence-electron chi connectivity index (χ0n) is 22.0. The van der Waals surface area contributed by atoms with Crippen molar-refractivity contribution in [3.63, 3.8) is 0 Å². The molecule has 0 aliphatic carbocycles. The molecule has 1 aromatic heterocycles. The number of carbonyl (C=O) groups is 1. The maximum Gasteiger partial charge on any atom is 0.243 e. The van der Waals surface area contributed by atoms with E-state index in [1.165, 1.54) is 9.18 Å². The van der Waals surface area contributed by atoms with Crippen LogP contribution in [0.15, 0.2) is 64.9 Å². The lowest BCUT2D eigenvalue weighted by molar-refractivity contribution is -0.135. The highest BCUT2D eigenvalue weighted by atomic mass is 32.2. The van der Waals surface area contributed by atoms with Gasteiger partial charge >= 0.3 is 0 Å². The predicted octanol–water partition coefficient (Wildman–Crippen LogP) is 4.30. The van der Waals surface area contributed by atoms with Gasteiger partial charge in [-0.2, -0.15) is 4.31 Å². The summed E-state index contributed by atoms with van der Waals surface area (Å²) in [4.78, 5) is 16.9. The van der Waals surface area contributed by atoms with Crippen LogP contribution < -0.4 is 9.47 Å². The third kappa shape index (κ3) is 6.55. The van der Waals surface area contributed by atoms with Crippen LogP contribution in [0.1, 0.15) is 28.5 Å². The number of thiophene rings is 1. The number of fused-ring (bicyclic) bond motifs is 1. The van der Waals surface area contributed by atoms with E-state index in [-0.39, 0.29) is 36.5 Å². The van der Waals surface area contributed by atoms with Gasteiger partial charge in [-0.15, -0.1) is 11.3 Å². The maximum absolute atomic E-state index is 13.7. The van der Waals surface area contributed by atoms with E-state index in [1.54, 1.807) is 60.8 Å². The van der Waals surface area contributed by atoms with Crippen molar-refractivity contribution in [2.24, 2.45) is 0 Å². The number of ether oxygens (including phenoxy) is 3. The fraction of sp³-hybridized carbons (Fsp3) is 0.393. The topological polar surface area (TPSA) is 85.4 Å². The van der Waals surface area contributed by atoms with E-state index < -0.39 is 10.0 Å². The largest absolute Gasteiger partial charge is 0.497 e. The number of amides is 1. The van der Waals surface area contributed by atoms with Gasteiger partial charge in [0.1, 0.15) is 18.1 Å². The summed E-state index contributed by atoms with van der Waals surface area (Å²) in [6.45, 7) is 2.96. The Kier molecular flexibility index (Phi) is 9.43. The highest BCUT2D eigenvalue weighted by Crippen LogP contribution is 2.34. The summed E-state index contributed by atoms with van der Waals surface area (Å²) in [5.74, 6) is 1.07. The molecule has 1 aliphatic heterocycles. The van der Waals surface area contributed by atoms with Crippen molar-refractivity contribution in [1.29, 1.82) is 0 Å². The SMILES string of the molecule is COCCCN(CC(=O)N1CCc2sccc2C1COc1cccc(OC)c1)S(=O)(=O)c1ccc(C)cc1. The molecule has 1 amide bonds. The van der Waals surface area contributed by atoms with Crippen molar-refractivity contribution in [2.75, 3.05) is 47.1 Å². The molecule has 8 nitrogen and oxygen atoms in total. The third-order valence-corrected chi connectivity index (χ3v) is 9.45. The van der Waals surface area contributed by atoms with E-state index in [0.717, 1.165) is 17.5 Å². The number of nitrogens with zero attached hydrogens (tertiary/aromatic N) is 2. The number of benzene rings is 2. The molecule has 204 valence electrons. The van der Waals surface area contributed by atoms with Gasteiger partial charge < -0.3 is 19.1 Å². The first-order valence-corrected chi connectivity index (χ1v) is 14.8. The number of aryl methyl sites for hydroxylation is 1. The Morgan fingerprint density at radius 2 is 1.87 bits per heavy atom. The molecule has 2 heterocycles. The van der Waals surface area contributed by atoms with Crippen LogP contribution >= 0.6 is 11.3 Å². The Labute approximate surface area is 228 Å². The first kappa shape index (κ1) is 28.1. The lowest BCUT2D eigenvalue weighted by Gasteiger charge is -2.37. The summed E-state index contributed by atoms with van der Waals surface area (Å²) >= 11 is 1.67. The summed E-state index contributed by atoms with van der Waals surface area (Å²) in [5, 5.41) is 2.02. The smallest absolute Gasteiger partial charge is 0.243 e. The van der Waals surface area contributed by atoms with Crippen LogP contribution in [-0.2, 0) is 26.0 Å². The van der Waals surface area contributed by atoms with E-state index in [9.17, 15) is 13.2 Å². The first-order valence-electron chi connectivity index (χ1n) is 12.5. The standard InChI is InChI=1S/C28H34N2O6S2/c1-21-8-10-24(11-9-21)38(32,33)29(14-5-16-34-2)19-28(31)30-15-12-27-25(13-17-37-27)26(30)20-36-23-7-4-6-22(18-23)35-3/h4,6-11,13,17-18,26H,5,12,14-16,19-20H2,1-3H3. The van der Waals surface area contributed by atoms with Gasteiger partial charge in [-0.05, 0) is 61.0 Å². The quantitative estimate of drug-likeness (QED) is 0.308. The zero-order chi connectivity index (χ0) is 27.1. The minimum Gasteiger partial charge on any atom is -0.497 e. The maximum atomic E-state index is 13.7. The number of rotatable bonds is 12. The summed E-state index contributed by atoms with van der Waals surface area (Å²) in [7, 11) is -0.704. The first-order chi connectivity index (χ1) is 18.3. The third-order valence-electron chi connectivity index (χ3n) is 6.59. The van der Waals surface area contributed by atoms with Crippen LogP contribution in [0.3, 0.4) is 0 Å². The molecule has 38 heavy (non-hydrogen) atoms. The molecular formula is C28H34N2O6S2. The Morgan fingerprint density at radius 1 is 1.11 bits per heavy atom. The molecule has 0 N–H and O–H groups in total. The molecule has 1 atom stereocenters. The number of hydrogen-bond acceptors (Lipinski definition) is 7. The van der Waals surface area contributed by atoms with Crippen LogP contribution in [0, 0.1) is 6.92 Å². The van der Waals surface area contributed by atoms with Gasteiger partial charge in [0.2, 0.25) is 15.9 Å². The number of methoxy groups -OCH3 is 2. The lowest BCUT2D eigenvalue weighted by Crippen LogP contribution is -2.48. The Hall–Kier alpha value is -2.92. The molecule has 10 heteroatoms. The minimum absolute atomic E-state index is 0.171. The Morgan fingerprint density at radius 3 is 2.61 bits per heavy atom. The van der Waals surface area contributed by atoms with Gasteiger partial charge in [-0.3, -0.25) is 4.79 Å². The van der Waals surface area contributed by atoms with Gasteiger partial charge in [0.25, 0.3) is 0 Å². The van der Waals surface area contributed by atoms with Crippen LogP contribution in [0.4, 0.5) is 0 Å². The molecule has 0 spiro atoms. The molecule has 0 saturated carbocycles. The number of carbonyl (C=O) groups excluding carboxylic acids is 1. The summed E-state index contributed by atoms with van der Waals surface area (Å²) in [5.41, 5.74) is 2.01. The van der Waals surface area contributed by atoms with Crippen molar-refractivity contribution < 1.29 is 27.4 Å². The second kappa shape index (κ2) is 12.8. The van der Waals surface area contributed by atoms with Gasteiger partial charge in [0, 0.05) is 37.7 Å². The van der Waals surface area contributed by atoms with Crippen molar-refractivity contribution in [3.05, 3.63) is 76.0 Å². The fourth-order valence-electron chi connectivity index (χ4n) is 4.51. The van der Waals surface area contributed by atoms with Crippen LogP contribution in [0.5, 0.6) is 11.5 Å². The van der Waals surface area contributed by atoms with Crippen LogP contribution in [0.25, 0.3) is 0 Å². The predicted molar refractivity (Wildman–Crippen MR) is 147 cm³/mol. The average molecular weight is 559 g/mol. The fourth-order valence-corrected chi connectivity index (χ4v) is 6.87. The normalized spacial score (nSPS) is 15.4. The van der Waals surface area contributed by atoms with Crippen LogP contribution in [0.2, 0.25) is 0 Å². The molecule has 3 aromatic rings. The Balaban J connectivity index is 1.56. The van der Waals surface area contributed by atoms with E-state index in [2.05, 4.69) is 0 Å². The number of sulfonamides is 1. The second-order valence-electron chi connectivity index (χ2n) is 9.14. The molecule has 0 radical (unpaired) electrons. The Bertz CT molecular complexity index is 1320. The van der Waals surface area contributed by atoms with Gasteiger partial charge in [0.15, 0.2) is 0 Å². The van der Waals surface area contributed by atoms with Crippen molar-refractivity contribution >= 4 is 27.3 Å². The molecule has 4 rings (SSSR count). The van der Waals surface area contributed by atoms with Crippen LogP contribution in [-0.4, -0.2) is 70.6 Å². The lowest BCUT2D eigenvalue weighted by atomic mass is 10.0. The van der Waals surface area contributed by atoms with Gasteiger partial charge in [0.05, 0.1) is 24.6 Å². The molecular weight excluding hydrogens is 524 g/mol. The minimum atomic E-state index is -3.87. The number of hydrogen-bond donors (Lipinski definition) is 0. The van der Waals surface area contributed by atoms with E-state index in [4.69, 9.17) is 14.2 Å². The van der Waals surface area contributed by atoms with Crippen molar-refractivity contribution in [3.8, 4) is 11.5 Å². The molecule has 0 fully saturated rings. The van der Waals surface area contributed by atoms with E-state index >= 15 is 0 Å². The summed E-state index contributed by atoms with van der Waals surface area (Å²) in [6.07, 6.45) is 1.20. The van der Waals surface area contributed by atoms with Gasteiger partial charge in [-0.1, -0.05) is 23.8 Å². The molecule has 1 aliphatic rings. The van der Waals surface area contributed by atoms with Crippen molar-refractivity contribution in [2.45, 2.75) is 30.7 Å². The average Bonchev–Trinajstić information content (AvgIpc) is 3.41. The highest BCUT2D eigenvalue weighted by molar-refractivity contribution is 7.89. The summed E-state index contributed by atoms with van der Waals surface area (Å²) in [6, 6.07) is 15.7. The van der Waals surface area contributed by atoms with Gasteiger partial charge in [-0.25, -0.2) is 8.42 Å². The molecule has 0 bridgehead atoms.